The third kappa shape index (κ3) is 4.20. The average molecular weight is 480 g/mol. The molecule has 1 fully saturated rings. The number of pyridine rings is 1. The Labute approximate surface area is 187 Å². The molecule has 0 saturated heterocycles. The van der Waals surface area contributed by atoms with Crippen molar-refractivity contribution in [2.24, 2.45) is 0 Å². The van der Waals surface area contributed by atoms with E-state index in [1.165, 1.54) is 30.3 Å². The quantitative estimate of drug-likeness (QED) is 0.468. The van der Waals surface area contributed by atoms with Gasteiger partial charge < -0.3 is 4.57 Å². The number of benzene rings is 1. The van der Waals surface area contributed by atoms with Gasteiger partial charge >= 0.3 is 0 Å². The van der Waals surface area contributed by atoms with Crippen LogP contribution in [0.2, 0.25) is 0 Å². The first-order valence-electron chi connectivity index (χ1n) is 10.3. The molecule has 2 aromatic heterocycles. The van der Waals surface area contributed by atoms with E-state index in [1.807, 2.05) is 9.29 Å². The molecule has 11 heteroatoms. The van der Waals surface area contributed by atoms with Crippen LogP contribution in [0.5, 0.6) is 0 Å². The number of alkyl halides is 4. The van der Waals surface area contributed by atoms with Crippen molar-refractivity contribution in [2.45, 2.75) is 42.7 Å². The minimum absolute atomic E-state index is 0.000681. The molecule has 3 aromatic rings. The van der Waals surface area contributed by atoms with Gasteiger partial charge in [0, 0.05) is 23.2 Å². The lowest BCUT2D eigenvalue weighted by Gasteiger charge is -2.30. The van der Waals surface area contributed by atoms with E-state index in [0.717, 1.165) is 25.5 Å². The number of nitrogens with zero attached hydrogens (tertiary/aromatic N) is 3. The molecule has 1 saturated carbocycles. The lowest BCUT2D eigenvalue weighted by atomic mass is 9.92. The lowest BCUT2D eigenvalue weighted by molar-refractivity contribution is 0.151. The third-order valence-electron chi connectivity index (χ3n) is 5.82. The molecular formula is C22H20F4N4O2S. The fourth-order valence-corrected chi connectivity index (χ4v) is 5.06. The molecule has 0 bridgehead atoms. The first-order valence-corrected chi connectivity index (χ1v) is 11.8. The molecule has 0 spiro atoms. The molecule has 1 aliphatic carbocycles. The summed E-state index contributed by atoms with van der Waals surface area (Å²) in [6.07, 6.45) is 0.955. The van der Waals surface area contributed by atoms with Crippen molar-refractivity contribution in [2.75, 3.05) is 13.3 Å². The molecule has 6 nitrogen and oxygen atoms in total. The second-order valence-electron chi connectivity index (χ2n) is 7.87. The fourth-order valence-electron chi connectivity index (χ4n) is 3.92. The van der Waals surface area contributed by atoms with Gasteiger partial charge in [-0.3, -0.25) is 4.98 Å². The summed E-state index contributed by atoms with van der Waals surface area (Å²) in [5.41, 5.74) is 1.31. The average Bonchev–Trinajstić information content (AvgIpc) is 3.09. The van der Waals surface area contributed by atoms with Crippen LogP contribution in [0.25, 0.3) is 22.3 Å². The predicted octanol–water partition coefficient (Wildman–Crippen LogP) is 4.82. The van der Waals surface area contributed by atoms with E-state index in [0.29, 0.717) is 22.3 Å². The summed E-state index contributed by atoms with van der Waals surface area (Å²) < 4.78 is 80.7. The Bertz CT molecular complexity index is 1310. The highest BCUT2D eigenvalue weighted by atomic mass is 32.2. The molecule has 0 atom stereocenters. The predicted molar refractivity (Wildman–Crippen MR) is 114 cm³/mol. The van der Waals surface area contributed by atoms with E-state index >= 15 is 0 Å². The highest BCUT2D eigenvalue weighted by molar-refractivity contribution is 7.89. The van der Waals surface area contributed by atoms with Crippen molar-refractivity contribution in [1.29, 1.82) is 5.26 Å². The number of halogens is 4. The van der Waals surface area contributed by atoms with Crippen LogP contribution in [0.4, 0.5) is 17.6 Å². The number of aromatic nitrogens is 2. The Morgan fingerprint density at radius 2 is 1.91 bits per heavy atom. The van der Waals surface area contributed by atoms with Crippen molar-refractivity contribution in [1.82, 2.24) is 14.3 Å². The Kier molecular flexibility index (Phi) is 6.41. The molecule has 33 heavy (non-hydrogen) atoms. The maximum absolute atomic E-state index is 13.3. The summed E-state index contributed by atoms with van der Waals surface area (Å²) in [5, 5.41) is 10.4. The number of nitriles is 1. The van der Waals surface area contributed by atoms with Crippen molar-refractivity contribution in [3.05, 3.63) is 47.7 Å². The topological polar surface area (TPSA) is 87.8 Å². The van der Waals surface area contributed by atoms with Crippen LogP contribution < -0.4 is 4.72 Å². The van der Waals surface area contributed by atoms with E-state index < -0.39 is 35.8 Å². The van der Waals surface area contributed by atoms with Gasteiger partial charge in [-0.1, -0.05) is 12.1 Å². The van der Waals surface area contributed by atoms with Crippen LogP contribution in [0.1, 0.15) is 42.9 Å². The largest absolute Gasteiger partial charge is 0.335 e. The zero-order valence-electron chi connectivity index (χ0n) is 17.3. The van der Waals surface area contributed by atoms with Gasteiger partial charge in [0.25, 0.3) is 6.43 Å². The molecule has 0 unspecified atom stereocenters. The van der Waals surface area contributed by atoms with Gasteiger partial charge in [0.2, 0.25) is 10.0 Å². The van der Waals surface area contributed by atoms with Crippen LogP contribution in [0, 0.1) is 11.3 Å². The van der Waals surface area contributed by atoms with Crippen LogP contribution in [-0.4, -0.2) is 37.4 Å². The standard InChI is InChI=1S/C22H20F4N4O2S/c23-9-14(10-24)29-33(31,32)16-5-7-19(28-12-16)21-18(11-27)17-6-4-13(22(25)26)8-20(17)30(21)15-2-1-3-15/h4-8,12,14-15,22,29H,1-3,9-10H2. The number of fused-ring (bicyclic) bond motifs is 1. The van der Waals surface area contributed by atoms with Gasteiger partial charge in [-0.25, -0.2) is 30.7 Å². The number of sulfonamides is 1. The number of hydrogen-bond acceptors (Lipinski definition) is 4. The monoisotopic (exact) mass is 480 g/mol. The first kappa shape index (κ1) is 23.2. The van der Waals surface area contributed by atoms with Crippen LogP contribution in [-0.2, 0) is 10.0 Å². The van der Waals surface area contributed by atoms with Gasteiger partial charge in [-0.05, 0) is 37.5 Å². The molecule has 0 radical (unpaired) electrons. The maximum Gasteiger partial charge on any atom is 0.263 e. The molecule has 1 N–H and O–H groups in total. The fraction of sp³-hybridized carbons (Fsp3) is 0.364. The van der Waals surface area contributed by atoms with Crippen molar-refractivity contribution >= 4 is 20.9 Å². The van der Waals surface area contributed by atoms with Gasteiger partial charge in [0.1, 0.15) is 24.3 Å². The Morgan fingerprint density at radius 3 is 2.42 bits per heavy atom. The zero-order valence-corrected chi connectivity index (χ0v) is 18.1. The summed E-state index contributed by atoms with van der Waals surface area (Å²) >= 11 is 0. The Morgan fingerprint density at radius 1 is 1.18 bits per heavy atom. The number of rotatable bonds is 8. The van der Waals surface area contributed by atoms with Gasteiger partial charge in [-0.15, -0.1) is 0 Å². The lowest BCUT2D eigenvalue weighted by Crippen LogP contribution is -2.37. The van der Waals surface area contributed by atoms with Crippen LogP contribution >= 0.6 is 0 Å². The maximum atomic E-state index is 13.3. The molecule has 1 aliphatic rings. The van der Waals surface area contributed by atoms with Gasteiger partial charge in [0.05, 0.1) is 28.5 Å². The van der Waals surface area contributed by atoms with Gasteiger partial charge in [-0.2, -0.15) is 5.26 Å². The molecule has 174 valence electrons. The normalized spacial score (nSPS) is 14.7. The summed E-state index contributed by atoms with van der Waals surface area (Å²) in [5.74, 6) is 0. The molecule has 2 heterocycles. The minimum Gasteiger partial charge on any atom is -0.335 e. The molecule has 0 aliphatic heterocycles. The molecule has 4 rings (SSSR count). The minimum atomic E-state index is -4.21. The van der Waals surface area contributed by atoms with E-state index in [9.17, 15) is 31.2 Å². The van der Waals surface area contributed by atoms with E-state index in [1.54, 1.807) is 0 Å². The summed E-state index contributed by atoms with van der Waals surface area (Å²) in [7, 11) is -4.21. The van der Waals surface area contributed by atoms with E-state index in [-0.39, 0.29) is 22.1 Å². The highest BCUT2D eigenvalue weighted by Gasteiger charge is 2.29. The molecular weight excluding hydrogens is 460 g/mol. The van der Waals surface area contributed by atoms with Crippen LogP contribution in [0.3, 0.4) is 0 Å². The molecule has 0 amide bonds. The smallest absolute Gasteiger partial charge is 0.263 e. The Hall–Kier alpha value is -2.97. The first-order chi connectivity index (χ1) is 15.8. The SMILES string of the molecule is N#Cc1c(-c2ccc(S(=O)(=O)NC(CF)CF)cn2)n(C2CCC2)c2cc(C(F)F)ccc12. The Balaban J connectivity index is 1.83. The van der Waals surface area contributed by atoms with Gasteiger partial charge in [0.15, 0.2) is 0 Å². The second kappa shape index (κ2) is 9.11. The molecule has 1 aromatic carbocycles. The second-order valence-corrected chi connectivity index (χ2v) is 9.59. The van der Waals surface area contributed by atoms with Crippen molar-refractivity contribution < 1.29 is 26.0 Å². The number of hydrogen-bond donors (Lipinski definition) is 1. The van der Waals surface area contributed by atoms with Crippen molar-refractivity contribution in [3.8, 4) is 17.5 Å². The highest BCUT2D eigenvalue weighted by Crippen LogP contribution is 2.42. The van der Waals surface area contributed by atoms with Crippen LogP contribution in [0.15, 0.2) is 41.4 Å². The van der Waals surface area contributed by atoms with E-state index in [2.05, 4.69) is 11.1 Å². The van der Waals surface area contributed by atoms with E-state index in [4.69, 9.17) is 0 Å². The number of nitrogens with one attached hydrogen (secondary N) is 1. The summed E-state index contributed by atoms with van der Waals surface area (Å²) in [6.45, 7) is -2.40. The summed E-state index contributed by atoms with van der Waals surface area (Å²) in [4.78, 5) is 3.92. The summed E-state index contributed by atoms with van der Waals surface area (Å²) in [6, 6.07) is 7.41. The van der Waals surface area contributed by atoms with Crippen molar-refractivity contribution in [3.63, 3.8) is 0 Å². The third-order valence-corrected chi connectivity index (χ3v) is 7.32. The zero-order chi connectivity index (χ0) is 23.8.